The lowest BCUT2D eigenvalue weighted by Crippen LogP contribution is -2.40. The Morgan fingerprint density at radius 1 is 1.32 bits per heavy atom. The molecule has 0 fully saturated rings. The lowest BCUT2D eigenvalue weighted by Gasteiger charge is -2.16. The maximum atomic E-state index is 13.4. The van der Waals surface area contributed by atoms with E-state index in [2.05, 4.69) is 5.32 Å². The van der Waals surface area contributed by atoms with Crippen LogP contribution in [0.5, 0.6) is 0 Å². The number of amides is 1. The van der Waals surface area contributed by atoms with Crippen molar-refractivity contribution in [1.82, 2.24) is 0 Å². The molecular formula is C12H14F4N2O. The van der Waals surface area contributed by atoms with E-state index >= 15 is 0 Å². The van der Waals surface area contributed by atoms with Crippen molar-refractivity contribution in [3.63, 3.8) is 0 Å². The molecule has 0 saturated heterocycles. The molecule has 0 aliphatic rings. The van der Waals surface area contributed by atoms with E-state index in [1.54, 1.807) is 13.8 Å². The molecule has 0 aliphatic carbocycles. The van der Waals surface area contributed by atoms with Gasteiger partial charge in [-0.3, -0.25) is 4.79 Å². The number of rotatable bonds is 3. The number of nitrogens with one attached hydrogen (secondary N) is 1. The Morgan fingerprint density at radius 2 is 1.89 bits per heavy atom. The van der Waals surface area contributed by atoms with Crippen LogP contribution in [0.15, 0.2) is 18.2 Å². The summed E-state index contributed by atoms with van der Waals surface area (Å²) in [5.41, 5.74) is 3.95. The van der Waals surface area contributed by atoms with Crippen molar-refractivity contribution < 1.29 is 22.4 Å². The number of alkyl halides is 3. The predicted molar refractivity (Wildman–Crippen MR) is 62.8 cm³/mol. The second-order valence-corrected chi connectivity index (χ2v) is 4.45. The van der Waals surface area contributed by atoms with E-state index in [-0.39, 0.29) is 5.92 Å². The first-order valence-electron chi connectivity index (χ1n) is 5.56. The van der Waals surface area contributed by atoms with Gasteiger partial charge >= 0.3 is 6.18 Å². The van der Waals surface area contributed by atoms with Crippen molar-refractivity contribution in [1.29, 1.82) is 0 Å². The SMILES string of the molecule is CC(C)[C@H](N)C(=O)Nc1cc(C(F)(F)F)ccc1F. The third-order valence-corrected chi connectivity index (χ3v) is 2.57. The van der Waals surface area contributed by atoms with E-state index in [1.165, 1.54) is 0 Å². The van der Waals surface area contributed by atoms with Gasteiger partial charge < -0.3 is 11.1 Å². The summed E-state index contributed by atoms with van der Waals surface area (Å²) in [4.78, 5) is 11.6. The zero-order chi connectivity index (χ0) is 14.8. The Hall–Kier alpha value is -1.63. The molecule has 0 saturated carbocycles. The molecule has 0 spiro atoms. The lowest BCUT2D eigenvalue weighted by molar-refractivity contribution is -0.137. The Labute approximate surface area is 107 Å². The van der Waals surface area contributed by atoms with Gasteiger partial charge in [-0.25, -0.2) is 4.39 Å². The van der Waals surface area contributed by atoms with Gasteiger partial charge in [0.25, 0.3) is 0 Å². The second kappa shape index (κ2) is 5.56. The molecule has 3 nitrogen and oxygen atoms in total. The molecule has 0 unspecified atom stereocenters. The second-order valence-electron chi connectivity index (χ2n) is 4.45. The van der Waals surface area contributed by atoms with E-state index < -0.39 is 35.2 Å². The van der Waals surface area contributed by atoms with E-state index in [0.717, 1.165) is 0 Å². The minimum absolute atomic E-state index is 0.214. The number of hydrogen-bond acceptors (Lipinski definition) is 2. The number of nitrogens with two attached hydrogens (primary N) is 1. The highest BCUT2D eigenvalue weighted by Gasteiger charge is 2.31. The molecule has 3 N–H and O–H groups in total. The average molecular weight is 278 g/mol. The van der Waals surface area contributed by atoms with E-state index in [0.29, 0.717) is 18.2 Å². The molecular weight excluding hydrogens is 264 g/mol. The molecule has 1 aromatic carbocycles. The Bertz CT molecular complexity index is 471. The third kappa shape index (κ3) is 3.92. The fraction of sp³-hybridized carbons (Fsp3) is 0.417. The lowest BCUT2D eigenvalue weighted by atomic mass is 10.0. The van der Waals surface area contributed by atoms with Gasteiger partial charge in [0.05, 0.1) is 17.3 Å². The van der Waals surface area contributed by atoms with Gasteiger partial charge in [0, 0.05) is 0 Å². The molecule has 0 heterocycles. The minimum Gasteiger partial charge on any atom is -0.322 e. The van der Waals surface area contributed by atoms with Gasteiger partial charge in [0.2, 0.25) is 5.91 Å². The molecule has 1 atom stereocenters. The van der Waals surface area contributed by atoms with E-state index in [9.17, 15) is 22.4 Å². The Kier molecular flexibility index (Phi) is 4.52. The van der Waals surface area contributed by atoms with Crippen molar-refractivity contribution in [2.45, 2.75) is 26.1 Å². The molecule has 0 bridgehead atoms. The van der Waals surface area contributed by atoms with Crippen molar-refractivity contribution in [2.24, 2.45) is 11.7 Å². The summed E-state index contributed by atoms with van der Waals surface area (Å²) in [6.07, 6.45) is -4.60. The zero-order valence-corrected chi connectivity index (χ0v) is 10.4. The molecule has 0 aliphatic heterocycles. The van der Waals surface area contributed by atoms with Crippen LogP contribution in [0.2, 0.25) is 0 Å². The first-order valence-corrected chi connectivity index (χ1v) is 5.56. The van der Waals surface area contributed by atoms with Crippen LogP contribution in [0.1, 0.15) is 19.4 Å². The highest BCUT2D eigenvalue weighted by Crippen LogP contribution is 2.31. The van der Waals surface area contributed by atoms with Gasteiger partial charge in [0.15, 0.2) is 0 Å². The molecule has 1 amide bonds. The number of halogens is 4. The van der Waals surface area contributed by atoms with Crippen LogP contribution in [0, 0.1) is 11.7 Å². The monoisotopic (exact) mass is 278 g/mol. The summed E-state index contributed by atoms with van der Waals surface area (Å²) in [6.45, 7) is 3.35. The predicted octanol–water partition coefficient (Wildman–Crippen LogP) is 2.77. The fourth-order valence-corrected chi connectivity index (χ4v) is 1.32. The minimum atomic E-state index is -4.60. The topological polar surface area (TPSA) is 55.1 Å². The summed E-state index contributed by atoms with van der Waals surface area (Å²) in [7, 11) is 0. The van der Waals surface area contributed by atoms with Crippen LogP contribution < -0.4 is 11.1 Å². The smallest absolute Gasteiger partial charge is 0.322 e. The molecule has 0 aromatic heterocycles. The highest BCUT2D eigenvalue weighted by atomic mass is 19.4. The summed E-state index contributed by atoms with van der Waals surface area (Å²) in [5, 5.41) is 2.06. The van der Waals surface area contributed by atoms with Gasteiger partial charge in [-0.1, -0.05) is 13.8 Å². The molecule has 19 heavy (non-hydrogen) atoms. The first-order chi connectivity index (χ1) is 8.62. The van der Waals surface area contributed by atoms with Crippen LogP contribution >= 0.6 is 0 Å². The highest BCUT2D eigenvalue weighted by molar-refractivity contribution is 5.95. The van der Waals surface area contributed by atoms with Crippen molar-refractivity contribution in [3.05, 3.63) is 29.6 Å². The normalized spacial score (nSPS) is 13.5. The zero-order valence-electron chi connectivity index (χ0n) is 10.4. The van der Waals surface area contributed by atoms with Crippen LogP contribution in [0.4, 0.5) is 23.2 Å². The standard InChI is InChI=1S/C12H14F4N2O/c1-6(2)10(17)11(19)18-9-5-7(12(14,15)16)3-4-8(9)13/h3-6,10H,17H2,1-2H3,(H,18,19)/t10-/m0/s1. The number of hydrogen-bond donors (Lipinski definition) is 2. The first kappa shape index (κ1) is 15.4. The largest absolute Gasteiger partial charge is 0.416 e. The van der Waals surface area contributed by atoms with Crippen LogP contribution in [-0.4, -0.2) is 11.9 Å². The summed E-state index contributed by atoms with van der Waals surface area (Å²) >= 11 is 0. The Balaban J connectivity index is 2.98. The fourth-order valence-electron chi connectivity index (χ4n) is 1.32. The maximum Gasteiger partial charge on any atom is 0.416 e. The van der Waals surface area contributed by atoms with Crippen LogP contribution in [0.25, 0.3) is 0 Å². The summed E-state index contributed by atoms with van der Waals surface area (Å²) in [6, 6.07) is 0.876. The van der Waals surface area contributed by atoms with Gasteiger partial charge in [0.1, 0.15) is 5.82 Å². The average Bonchev–Trinajstić information content (AvgIpc) is 2.29. The van der Waals surface area contributed by atoms with Gasteiger partial charge in [-0.05, 0) is 24.1 Å². The Morgan fingerprint density at radius 3 is 2.37 bits per heavy atom. The van der Waals surface area contributed by atoms with Crippen LogP contribution in [0.3, 0.4) is 0 Å². The van der Waals surface area contributed by atoms with Crippen molar-refractivity contribution in [3.8, 4) is 0 Å². The number of carbonyl (C=O) groups excluding carboxylic acids is 1. The van der Waals surface area contributed by atoms with Crippen molar-refractivity contribution in [2.75, 3.05) is 5.32 Å². The third-order valence-electron chi connectivity index (χ3n) is 2.57. The van der Waals surface area contributed by atoms with Crippen molar-refractivity contribution >= 4 is 11.6 Å². The van der Waals surface area contributed by atoms with Gasteiger partial charge in [-0.2, -0.15) is 13.2 Å². The number of carbonyl (C=O) groups is 1. The van der Waals surface area contributed by atoms with E-state index in [4.69, 9.17) is 5.73 Å². The van der Waals surface area contributed by atoms with Gasteiger partial charge in [-0.15, -0.1) is 0 Å². The summed E-state index contributed by atoms with van der Waals surface area (Å²) < 4.78 is 50.8. The molecule has 1 rings (SSSR count). The quantitative estimate of drug-likeness (QED) is 0.835. The number of anilines is 1. The summed E-state index contributed by atoms with van der Waals surface area (Å²) in [5.74, 6) is -1.89. The molecule has 1 aromatic rings. The number of benzene rings is 1. The maximum absolute atomic E-state index is 13.4. The molecule has 106 valence electrons. The van der Waals surface area contributed by atoms with Crippen LogP contribution in [-0.2, 0) is 11.0 Å². The molecule has 7 heteroatoms. The molecule has 0 radical (unpaired) electrons. The van der Waals surface area contributed by atoms with E-state index in [1.807, 2.05) is 0 Å².